The molecule has 0 aromatic heterocycles. The third kappa shape index (κ3) is 2.75. The number of nitrogen functional groups attached to an aromatic ring is 1. The fraction of sp³-hybridized carbons (Fsp3) is 0.500. The zero-order chi connectivity index (χ0) is 13.2. The van der Waals surface area contributed by atoms with E-state index >= 15 is 0 Å². The molecular formula is C12H18N2O2S2. The van der Waals surface area contributed by atoms with Crippen molar-refractivity contribution < 1.29 is 8.42 Å². The minimum absolute atomic E-state index is 0.211. The van der Waals surface area contributed by atoms with E-state index in [1.54, 1.807) is 17.8 Å². The highest BCUT2D eigenvalue weighted by Crippen LogP contribution is 2.37. The van der Waals surface area contributed by atoms with Gasteiger partial charge in [-0.1, -0.05) is 13.3 Å². The molecule has 1 aliphatic heterocycles. The highest BCUT2D eigenvalue weighted by atomic mass is 32.2. The maximum absolute atomic E-state index is 12.3. The summed E-state index contributed by atoms with van der Waals surface area (Å²) in [4.78, 5) is 0.996. The SMILES string of the molecule is CCCCS(=O)(=O)N1CCSc2ccc(N)cc21. The first-order valence-electron chi connectivity index (χ1n) is 6.07. The Balaban J connectivity index is 2.35. The van der Waals surface area contributed by atoms with Gasteiger partial charge in [0, 0.05) is 22.9 Å². The van der Waals surface area contributed by atoms with E-state index in [0.717, 1.165) is 22.8 Å². The van der Waals surface area contributed by atoms with Gasteiger partial charge in [-0.2, -0.15) is 0 Å². The van der Waals surface area contributed by atoms with Gasteiger partial charge in [-0.25, -0.2) is 8.42 Å². The van der Waals surface area contributed by atoms with Crippen LogP contribution in [0.3, 0.4) is 0 Å². The van der Waals surface area contributed by atoms with E-state index in [1.165, 1.54) is 4.31 Å². The molecule has 0 unspecified atom stereocenters. The first kappa shape index (κ1) is 13.5. The largest absolute Gasteiger partial charge is 0.399 e. The van der Waals surface area contributed by atoms with E-state index in [9.17, 15) is 8.42 Å². The first-order chi connectivity index (χ1) is 8.54. The molecule has 0 atom stereocenters. The molecule has 1 aromatic rings. The van der Waals surface area contributed by atoms with Crippen LogP contribution in [0.25, 0.3) is 0 Å². The number of nitrogens with two attached hydrogens (primary N) is 1. The average Bonchev–Trinajstić information content (AvgIpc) is 2.35. The van der Waals surface area contributed by atoms with Crippen molar-refractivity contribution in [3.63, 3.8) is 0 Å². The maximum atomic E-state index is 12.3. The molecule has 0 saturated carbocycles. The Bertz CT molecular complexity index is 529. The molecule has 1 aromatic carbocycles. The molecule has 0 fully saturated rings. The number of unbranched alkanes of at least 4 members (excludes halogenated alkanes) is 1. The fourth-order valence-corrected chi connectivity index (χ4v) is 4.78. The number of sulfonamides is 1. The molecule has 2 rings (SSSR count). The number of fused-ring (bicyclic) bond motifs is 1. The van der Waals surface area contributed by atoms with Gasteiger partial charge in [0.25, 0.3) is 0 Å². The monoisotopic (exact) mass is 286 g/mol. The summed E-state index contributed by atoms with van der Waals surface area (Å²) >= 11 is 1.68. The summed E-state index contributed by atoms with van der Waals surface area (Å²) in [6.45, 7) is 2.53. The zero-order valence-corrected chi connectivity index (χ0v) is 12.1. The Labute approximate surface area is 113 Å². The molecule has 0 aliphatic carbocycles. The summed E-state index contributed by atoms with van der Waals surface area (Å²) in [7, 11) is -3.21. The molecule has 0 amide bonds. The molecule has 18 heavy (non-hydrogen) atoms. The Morgan fingerprint density at radius 3 is 2.94 bits per heavy atom. The topological polar surface area (TPSA) is 63.4 Å². The average molecular weight is 286 g/mol. The minimum atomic E-state index is -3.21. The number of nitrogens with zero attached hydrogens (tertiary/aromatic N) is 1. The smallest absolute Gasteiger partial charge is 0.235 e. The summed E-state index contributed by atoms with van der Waals surface area (Å²) in [5.41, 5.74) is 7.10. The van der Waals surface area contributed by atoms with Gasteiger partial charge in [0.1, 0.15) is 0 Å². The Kier molecular flexibility index (Phi) is 4.07. The fourth-order valence-electron chi connectivity index (χ4n) is 1.94. The van der Waals surface area contributed by atoms with Crippen LogP contribution in [0.4, 0.5) is 11.4 Å². The van der Waals surface area contributed by atoms with Crippen LogP contribution in [-0.2, 0) is 10.0 Å². The summed E-state index contributed by atoms with van der Waals surface area (Å²) in [6, 6.07) is 5.47. The van der Waals surface area contributed by atoms with Gasteiger partial charge in [-0.3, -0.25) is 4.31 Å². The Morgan fingerprint density at radius 1 is 1.44 bits per heavy atom. The van der Waals surface area contributed by atoms with Gasteiger partial charge in [-0.15, -0.1) is 11.8 Å². The van der Waals surface area contributed by atoms with Crippen molar-refractivity contribution in [3.05, 3.63) is 18.2 Å². The second kappa shape index (κ2) is 5.40. The van der Waals surface area contributed by atoms with Crippen LogP contribution < -0.4 is 10.0 Å². The second-order valence-corrected chi connectivity index (χ2v) is 7.47. The highest BCUT2D eigenvalue weighted by Gasteiger charge is 2.27. The van der Waals surface area contributed by atoms with Crippen LogP contribution in [-0.4, -0.2) is 26.5 Å². The lowest BCUT2D eigenvalue weighted by molar-refractivity contribution is 0.588. The summed E-state index contributed by atoms with van der Waals surface area (Å²) in [5.74, 6) is 1.00. The van der Waals surface area contributed by atoms with Crippen LogP contribution in [0, 0.1) is 0 Å². The molecule has 1 heterocycles. The van der Waals surface area contributed by atoms with Crippen molar-refractivity contribution in [3.8, 4) is 0 Å². The number of benzene rings is 1. The maximum Gasteiger partial charge on any atom is 0.235 e. The third-order valence-electron chi connectivity index (χ3n) is 2.90. The lowest BCUT2D eigenvalue weighted by Crippen LogP contribution is -2.37. The number of anilines is 2. The van der Waals surface area contributed by atoms with Gasteiger partial charge >= 0.3 is 0 Å². The number of hydrogen-bond donors (Lipinski definition) is 1. The van der Waals surface area contributed by atoms with Gasteiger partial charge in [0.05, 0.1) is 11.4 Å². The van der Waals surface area contributed by atoms with Crippen LogP contribution in [0.15, 0.2) is 23.1 Å². The summed E-state index contributed by atoms with van der Waals surface area (Å²) in [5, 5.41) is 0. The van der Waals surface area contributed by atoms with E-state index < -0.39 is 10.0 Å². The third-order valence-corrected chi connectivity index (χ3v) is 5.79. The lowest BCUT2D eigenvalue weighted by atomic mass is 10.3. The summed E-state index contributed by atoms with van der Waals surface area (Å²) in [6.07, 6.45) is 1.58. The predicted octanol–water partition coefficient (Wildman–Crippen LogP) is 2.31. The van der Waals surface area contributed by atoms with Crippen LogP contribution in [0.2, 0.25) is 0 Å². The van der Waals surface area contributed by atoms with Gasteiger partial charge in [0.15, 0.2) is 0 Å². The number of hydrogen-bond acceptors (Lipinski definition) is 4. The van der Waals surface area contributed by atoms with Crippen molar-refractivity contribution >= 4 is 33.2 Å². The van der Waals surface area contributed by atoms with Crippen molar-refractivity contribution in [2.75, 3.05) is 28.1 Å². The van der Waals surface area contributed by atoms with E-state index in [-0.39, 0.29) is 5.75 Å². The van der Waals surface area contributed by atoms with Crippen molar-refractivity contribution in [2.24, 2.45) is 0 Å². The van der Waals surface area contributed by atoms with Gasteiger partial charge < -0.3 is 5.73 Å². The van der Waals surface area contributed by atoms with Crippen LogP contribution in [0.1, 0.15) is 19.8 Å². The molecule has 6 heteroatoms. The normalized spacial score (nSPS) is 15.5. The summed E-state index contributed by atoms with van der Waals surface area (Å²) < 4.78 is 26.1. The molecule has 0 saturated heterocycles. The Hall–Kier alpha value is -0.880. The lowest BCUT2D eigenvalue weighted by Gasteiger charge is -2.30. The number of rotatable bonds is 4. The molecule has 0 bridgehead atoms. The Morgan fingerprint density at radius 2 is 2.22 bits per heavy atom. The molecule has 0 spiro atoms. The van der Waals surface area contributed by atoms with Crippen molar-refractivity contribution in [1.82, 2.24) is 0 Å². The zero-order valence-electron chi connectivity index (χ0n) is 10.4. The van der Waals surface area contributed by atoms with E-state index in [1.807, 2.05) is 19.1 Å². The van der Waals surface area contributed by atoms with E-state index in [2.05, 4.69) is 0 Å². The molecule has 4 nitrogen and oxygen atoms in total. The van der Waals surface area contributed by atoms with Crippen molar-refractivity contribution in [2.45, 2.75) is 24.7 Å². The van der Waals surface area contributed by atoms with E-state index in [0.29, 0.717) is 18.7 Å². The molecule has 0 radical (unpaired) electrons. The van der Waals surface area contributed by atoms with Crippen LogP contribution in [0.5, 0.6) is 0 Å². The molecule has 1 aliphatic rings. The quantitative estimate of drug-likeness (QED) is 0.863. The van der Waals surface area contributed by atoms with Gasteiger partial charge in [0.2, 0.25) is 10.0 Å². The van der Waals surface area contributed by atoms with E-state index in [4.69, 9.17) is 5.73 Å². The molecule has 2 N–H and O–H groups in total. The second-order valence-electron chi connectivity index (χ2n) is 4.32. The minimum Gasteiger partial charge on any atom is -0.399 e. The molecular weight excluding hydrogens is 268 g/mol. The standard InChI is InChI=1S/C12H18N2O2S2/c1-2-3-8-18(15,16)14-6-7-17-12-5-4-10(13)9-11(12)14/h4-5,9H,2-3,6-8,13H2,1H3. The van der Waals surface area contributed by atoms with Crippen molar-refractivity contribution in [1.29, 1.82) is 0 Å². The van der Waals surface area contributed by atoms with Gasteiger partial charge in [-0.05, 0) is 24.6 Å². The van der Waals surface area contributed by atoms with Crippen LogP contribution >= 0.6 is 11.8 Å². The predicted molar refractivity (Wildman–Crippen MR) is 77.6 cm³/mol. The molecule has 100 valence electrons. The number of thioether (sulfide) groups is 1. The highest BCUT2D eigenvalue weighted by molar-refractivity contribution is 8.00. The first-order valence-corrected chi connectivity index (χ1v) is 8.67.